The van der Waals surface area contributed by atoms with Gasteiger partial charge in [-0.2, -0.15) is 0 Å². The van der Waals surface area contributed by atoms with E-state index in [9.17, 15) is 43.8 Å². The molecular weight excluding hydrogens is 1130 g/mol. The summed E-state index contributed by atoms with van der Waals surface area (Å²) in [7, 11) is 2.82. The molecular formula is C65H74F2N6O14. The molecule has 462 valence electrons. The molecule has 1 amide bonds. The van der Waals surface area contributed by atoms with Gasteiger partial charge in [-0.3, -0.25) is 19.2 Å². The van der Waals surface area contributed by atoms with Gasteiger partial charge in [-0.05, 0) is 138 Å². The lowest BCUT2D eigenvalue weighted by molar-refractivity contribution is -0.178. The van der Waals surface area contributed by atoms with Gasteiger partial charge in [-0.1, -0.05) is 25.5 Å². The van der Waals surface area contributed by atoms with E-state index < -0.39 is 93.8 Å². The number of hydrogen-bond donors (Lipinski definition) is 3. The van der Waals surface area contributed by atoms with E-state index in [1.807, 2.05) is 24.8 Å². The predicted molar refractivity (Wildman–Crippen MR) is 313 cm³/mol. The van der Waals surface area contributed by atoms with Crippen molar-refractivity contribution < 1.29 is 66.7 Å². The zero-order valence-electron chi connectivity index (χ0n) is 49.4. The number of allylic oxidation sites excluding steroid dienone is 4. The number of aliphatic hydroxyl groups is 2. The molecule has 5 saturated carbocycles. The van der Waals surface area contributed by atoms with Crippen molar-refractivity contribution in [3.8, 4) is 11.5 Å². The number of Topliss-reactive ketones (excluding diaryl/α,β-unsaturated/α-hetero) is 1. The van der Waals surface area contributed by atoms with Crippen LogP contribution in [0.15, 0.2) is 57.9 Å². The van der Waals surface area contributed by atoms with Crippen molar-refractivity contribution >= 4 is 62.8 Å². The quantitative estimate of drug-likeness (QED) is 0.0897. The number of nitrogens with one attached hydrogen (secondary N) is 1. The lowest BCUT2D eigenvalue weighted by Gasteiger charge is -2.59. The standard InChI is InChI=1S/C65H74F2N6O14/c1-63-17-15-38(74)21-35(63)9-14-39-44-16-18-65(82,64(44,2)24-49(75)51(39)63)50(76)31-85-60(79)42-27-72(36-10-11-36)53-40(56(42)77)23-46(67)55(59(53)84-4)70-26-34-8-6-20-71(48(34)30-70)62(81)87-32-86-61(80)43-28-73(37-12-13-37)52-41(57(43)78)22-45(66)54(58(52)83-3)69-25-33-7-5-19-68-47(33)29-69/h15,17,21-23,27-28,33-34,36-37,39,44,47-49,51,68,75,82H,5-14,16,18-20,24-26,29-32H2,1-4H3. The lowest BCUT2D eigenvalue weighted by Crippen LogP contribution is -2.61. The van der Waals surface area contributed by atoms with Crippen molar-refractivity contribution in [1.29, 1.82) is 0 Å². The van der Waals surface area contributed by atoms with E-state index in [0.717, 1.165) is 43.9 Å². The summed E-state index contributed by atoms with van der Waals surface area (Å²) in [5, 5.41) is 27.6. The number of methoxy groups -OCH3 is 2. The Bertz CT molecular complexity index is 3790. The van der Waals surface area contributed by atoms with E-state index in [0.29, 0.717) is 76.0 Å². The van der Waals surface area contributed by atoms with E-state index in [4.69, 9.17) is 23.7 Å². The van der Waals surface area contributed by atoms with Gasteiger partial charge in [0, 0.05) is 80.0 Å². The molecule has 0 spiro atoms. The molecule has 6 aliphatic carbocycles. The number of hydrogen-bond acceptors (Lipinski definition) is 17. The molecule has 11 unspecified atom stereocenters. The molecule has 11 atom stereocenters. The Morgan fingerprint density at radius 2 is 1.36 bits per heavy atom. The van der Waals surface area contributed by atoms with Gasteiger partial charge in [0.15, 0.2) is 35.5 Å². The Labute approximate surface area is 500 Å². The number of fused-ring (bicyclic) bond motifs is 9. The fraction of sp³-hybridized carbons (Fsp3) is 0.585. The van der Waals surface area contributed by atoms with Crippen LogP contribution in [-0.2, 0) is 23.8 Å². The van der Waals surface area contributed by atoms with Gasteiger partial charge >= 0.3 is 18.0 Å². The van der Waals surface area contributed by atoms with Crippen LogP contribution < -0.4 is 35.4 Å². The summed E-state index contributed by atoms with van der Waals surface area (Å²) in [6.07, 6.45) is 14.6. The number of pyridine rings is 2. The molecule has 22 heteroatoms. The average Bonchev–Trinajstić information content (AvgIpc) is 1.65. The second kappa shape index (κ2) is 21.3. The van der Waals surface area contributed by atoms with Crippen molar-refractivity contribution in [1.82, 2.24) is 19.4 Å². The molecule has 4 aliphatic heterocycles. The van der Waals surface area contributed by atoms with Crippen LogP contribution in [0, 0.1) is 52.1 Å². The Balaban J connectivity index is 0.657. The summed E-state index contributed by atoms with van der Waals surface area (Å²) < 4.78 is 65.3. The normalized spacial score (nSPS) is 31.6. The van der Waals surface area contributed by atoms with Crippen LogP contribution in [-0.4, -0.2) is 145 Å². The van der Waals surface area contributed by atoms with Gasteiger partial charge < -0.3 is 63.0 Å². The Morgan fingerprint density at radius 1 is 0.747 bits per heavy atom. The second-order valence-corrected chi connectivity index (χ2v) is 26.8. The molecule has 0 radical (unpaired) electrons. The third-order valence-corrected chi connectivity index (χ3v) is 22.2. The maximum absolute atomic E-state index is 17.0. The highest BCUT2D eigenvalue weighted by atomic mass is 19.1. The minimum atomic E-state index is -1.94. The van der Waals surface area contributed by atoms with Crippen molar-refractivity contribution in [2.75, 3.05) is 76.7 Å². The number of likely N-dealkylation sites (tertiary alicyclic amines) is 1. The van der Waals surface area contributed by atoms with E-state index in [-0.39, 0.29) is 118 Å². The third-order valence-electron chi connectivity index (χ3n) is 22.2. The van der Waals surface area contributed by atoms with E-state index in [1.54, 1.807) is 26.2 Å². The number of anilines is 2. The smallest absolute Gasteiger partial charge is 0.412 e. The largest absolute Gasteiger partial charge is 0.492 e. The summed E-state index contributed by atoms with van der Waals surface area (Å²) in [5.41, 5.74) is -3.92. The Kier molecular flexibility index (Phi) is 14.1. The zero-order chi connectivity index (χ0) is 60.7. The molecule has 3 N–H and O–H groups in total. The molecule has 20 nitrogen and oxygen atoms in total. The molecule has 9 fully saturated rings. The first-order valence-corrected chi connectivity index (χ1v) is 31.1. The molecule has 14 rings (SSSR count). The fourth-order valence-electron chi connectivity index (χ4n) is 17.7. The van der Waals surface area contributed by atoms with Gasteiger partial charge in [0.05, 0.1) is 48.2 Å². The van der Waals surface area contributed by atoms with Crippen molar-refractivity contribution in [2.45, 2.75) is 133 Å². The van der Waals surface area contributed by atoms with Gasteiger partial charge in [-0.15, -0.1) is 0 Å². The van der Waals surface area contributed by atoms with Crippen LogP contribution in [0.3, 0.4) is 0 Å². The molecule has 6 heterocycles. The number of halogens is 2. The number of ether oxygens (including phenoxy) is 5. The van der Waals surface area contributed by atoms with Crippen molar-refractivity contribution in [2.24, 2.45) is 40.4 Å². The van der Waals surface area contributed by atoms with Crippen molar-refractivity contribution in [3.63, 3.8) is 0 Å². The topological polar surface area (TPSA) is 238 Å². The first-order valence-electron chi connectivity index (χ1n) is 31.1. The third kappa shape index (κ3) is 9.12. The first kappa shape index (κ1) is 57.6. The number of piperidine rings is 2. The Hall–Kier alpha value is -7.17. The maximum Gasteiger partial charge on any atom is 0.412 e. The molecule has 4 aromatic rings. The second-order valence-electron chi connectivity index (χ2n) is 26.8. The van der Waals surface area contributed by atoms with Crippen LogP contribution in [0.2, 0.25) is 0 Å². The van der Waals surface area contributed by atoms with Crippen LogP contribution in [0.1, 0.15) is 130 Å². The van der Waals surface area contributed by atoms with E-state index >= 15 is 8.78 Å². The number of aromatic nitrogens is 2. The van der Waals surface area contributed by atoms with Crippen LogP contribution >= 0.6 is 0 Å². The van der Waals surface area contributed by atoms with Crippen LogP contribution in [0.5, 0.6) is 11.5 Å². The van der Waals surface area contributed by atoms with Gasteiger partial charge in [-0.25, -0.2) is 23.2 Å². The predicted octanol–water partition coefficient (Wildman–Crippen LogP) is 7.06. The number of aliphatic hydroxyl groups excluding tert-OH is 1. The van der Waals surface area contributed by atoms with Gasteiger partial charge in [0.1, 0.15) is 28.1 Å². The highest BCUT2D eigenvalue weighted by molar-refractivity contribution is 6.02. The molecule has 4 saturated heterocycles. The summed E-state index contributed by atoms with van der Waals surface area (Å²) in [6.45, 7) is 5.07. The summed E-state index contributed by atoms with van der Waals surface area (Å²) >= 11 is 0. The number of carbonyl (C=O) groups excluding carboxylic acids is 5. The van der Waals surface area contributed by atoms with Crippen LogP contribution in [0.4, 0.5) is 25.0 Å². The zero-order valence-corrected chi connectivity index (χ0v) is 49.4. The van der Waals surface area contributed by atoms with Gasteiger partial charge in [0.25, 0.3) is 0 Å². The highest BCUT2D eigenvalue weighted by Gasteiger charge is 2.68. The summed E-state index contributed by atoms with van der Waals surface area (Å²) in [6, 6.07) is 1.73. The Morgan fingerprint density at radius 3 is 1.98 bits per heavy atom. The van der Waals surface area contributed by atoms with Gasteiger partial charge in [0.2, 0.25) is 23.4 Å². The monoisotopic (exact) mass is 1200 g/mol. The molecule has 2 aromatic carbocycles. The number of benzene rings is 2. The summed E-state index contributed by atoms with van der Waals surface area (Å²) in [5.74, 6) is -4.34. The number of amides is 1. The average molecular weight is 1200 g/mol. The lowest BCUT2D eigenvalue weighted by atomic mass is 9.46. The first-order chi connectivity index (χ1) is 41.8. The molecule has 2 aromatic heterocycles. The maximum atomic E-state index is 17.0. The number of ketones is 2. The van der Waals surface area contributed by atoms with E-state index in [1.165, 1.54) is 37.6 Å². The molecule has 10 aliphatic rings. The molecule has 87 heavy (non-hydrogen) atoms. The number of carbonyl (C=O) groups is 5. The SMILES string of the molecule is COc1c(N2CC3CCCNC3C2)c(F)cc2c(=O)c(C(=O)OCOC(=O)N3CCCC4CN(c5c(F)cc6c(=O)c(C(=O)OCC(=O)C7(O)CCC8C9CCC%10=CC(=O)C=CC%10(C)C9C(O)CC87C)cn(C7CC7)c6c5OC)CC43)cn(C3CC3)c12. The minimum absolute atomic E-state index is 0.0313. The minimum Gasteiger partial charge on any atom is -0.492 e. The summed E-state index contributed by atoms with van der Waals surface area (Å²) in [4.78, 5) is 102. The number of nitrogens with zero attached hydrogens (tertiary/aromatic N) is 5. The van der Waals surface area contributed by atoms with Crippen LogP contribution in [0.25, 0.3) is 21.8 Å². The number of rotatable bonds is 13. The molecule has 0 bridgehead atoms. The fourth-order valence-corrected chi connectivity index (χ4v) is 17.7. The van der Waals surface area contributed by atoms with E-state index in [2.05, 4.69) is 5.32 Å². The van der Waals surface area contributed by atoms with Crippen molar-refractivity contribution in [3.05, 3.63) is 91.5 Å². The number of esters is 2. The highest BCUT2D eigenvalue weighted by Crippen LogP contribution is 2.67.